The number of amides is 1. The Morgan fingerprint density at radius 3 is 2.62 bits per heavy atom. The maximum atomic E-state index is 12.2. The van der Waals surface area contributed by atoms with Crippen LogP contribution < -0.4 is 0 Å². The molecule has 1 aliphatic heterocycles. The number of benzene rings is 1. The zero-order chi connectivity index (χ0) is 17.4. The third kappa shape index (κ3) is 5.37. The summed E-state index contributed by atoms with van der Waals surface area (Å²) >= 11 is 0. The molecule has 1 aromatic rings. The van der Waals surface area contributed by atoms with Gasteiger partial charge in [0.2, 0.25) is 0 Å². The fourth-order valence-corrected chi connectivity index (χ4v) is 2.71. The highest BCUT2D eigenvalue weighted by molar-refractivity contribution is 5.97. The first kappa shape index (κ1) is 18.0. The molecule has 6 heteroatoms. The third-order valence-corrected chi connectivity index (χ3v) is 3.96. The van der Waals surface area contributed by atoms with Crippen molar-refractivity contribution in [2.75, 3.05) is 19.7 Å². The number of hydrogen-bond acceptors (Lipinski definition) is 5. The Morgan fingerprint density at radius 2 is 1.92 bits per heavy atom. The van der Waals surface area contributed by atoms with Crippen LogP contribution in [-0.4, -0.2) is 42.4 Å². The van der Waals surface area contributed by atoms with Crippen molar-refractivity contribution in [3.8, 4) is 0 Å². The monoisotopic (exact) mass is 333 g/mol. The minimum Gasteiger partial charge on any atom is -0.466 e. The SMILES string of the molecule is CCOC(=O)CC(=O)[C@H]1CCCN(C(=O)OCc2ccccc2)C1. The summed E-state index contributed by atoms with van der Waals surface area (Å²) in [6, 6.07) is 9.43. The summed E-state index contributed by atoms with van der Waals surface area (Å²) in [5.74, 6) is -1.01. The summed E-state index contributed by atoms with van der Waals surface area (Å²) in [4.78, 5) is 37.3. The Morgan fingerprint density at radius 1 is 1.17 bits per heavy atom. The Hall–Kier alpha value is -2.37. The van der Waals surface area contributed by atoms with E-state index >= 15 is 0 Å². The number of likely N-dealkylation sites (tertiary alicyclic amines) is 1. The number of nitrogens with zero attached hydrogens (tertiary/aromatic N) is 1. The molecular formula is C18H23NO5. The van der Waals surface area contributed by atoms with Crippen LogP contribution in [0.3, 0.4) is 0 Å². The number of ketones is 1. The van der Waals surface area contributed by atoms with E-state index in [0.29, 0.717) is 19.5 Å². The zero-order valence-electron chi connectivity index (χ0n) is 13.9. The number of carbonyl (C=O) groups is 3. The normalized spacial score (nSPS) is 17.2. The fraction of sp³-hybridized carbons (Fsp3) is 0.500. The highest BCUT2D eigenvalue weighted by atomic mass is 16.6. The van der Waals surface area contributed by atoms with Crippen molar-refractivity contribution in [2.24, 2.45) is 5.92 Å². The highest BCUT2D eigenvalue weighted by Crippen LogP contribution is 2.20. The van der Waals surface area contributed by atoms with Crippen molar-refractivity contribution < 1.29 is 23.9 Å². The van der Waals surface area contributed by atoms with E-state index in [4.69, 9.17) is 9.47 Å². The maximum Gasteiger partial charge on any atom is 0.410 e. The largest absolute Gasteiger partial charge is 0.466 e. The van der Waals surface area contributed by atoms with Crippen molar-refractivity contribution in [3.05, 3.63) is 35.9 Å². The predicted octanol–water partition coefficient (Wildman–Crippen LogP) is 2.56. The van der Waals surface area contributed by atoms with Gasteiger partial charge in [-0.2, -0.15) is 0 Å². The lowest BCUT2D eigenvalue weighted by Gasteiger charge is -2.31. The van der Waals surface area contributed by atoms with E-state index in [9.17, 15) is 14.4 Å². The van der Waals surface area contributed by atoms with Gasteiger partial charge in [-0.25, -0.2) is 4.79 Å². The van der Waals surface area contributed by atoms with E-state index in [1.807, 2.05) is 30.3 Å². The van der Waals surface area contributed by atoms with Gasteiger partial charge in [-0.15, -0.1) is 0 Å². The molecule has 1 aliphatic rings. The lowest BCUT2D eigenvalue weighted by Crippen LogP contribution is -2.42. The molecule has 2 rings (SSSR count). The molecule has 0 aromatic heterocycles. The molecule has 0 radical (unpaired) electrons. The highest BCUT2D eigenvalue weighted by Gasteiger charge is 2.30. The number of rotatable bonds is 6. The molecule has 0 saturated carbocycles. The number of Topliss-reactive ketones (excluding diaryl/α,β-unsaturated/α-hetero) is 1. The quantitative estimate of drug-likeness (QED) is 0.591. The van der Waals surface area contributed by atoms with Gasteiger partial charge in [0.1, 0.15) is 18.8 Å². The second-order valence-corrected chi connectivity index (χ2v) is 5.77. The lowest BCUT2D eigenvalue weighted by molar-refractivity contribution is -0.146. The molecule has 1 amide bonds. The van der Waals surface area contributed by atoms with Gasteiger partial charge in [0, 0.05) is 19.0 Å². The van der Waals surface area contributed by atoms with Crippen molar-refractivity contribution in [1.82, 2.24) is 4.90 Å². The van der Waals surface area contributed by atoms with Crippen molar-refractivity contribution >= 4 is 17.8 Å². The minimum atomic E-state index is -0.508. The Bertz CT molecular complexity index is 572. The minimum absolute atomic E-state index is 0.172. The molecule has 1 atom stereocenters. The van der Waals surface area contributed by atoms with Crippen molar-refractivity contribution in [1.29, 1.82) is 0 Å². The number of ether oxygens (including phenoxy) is 2. The topological polar surface area (TPSA) is 72.9 Å². The standard InChI is InChI=1S/C18H23NO5/c1-2-23-17(21)11-16(20)15-9-6-10-19(12-15)18(22)24-13-14-7-4-3-5-8-14/h3-5,7-8,15H,2,6,9-13H2,1H3/t15-/m0/s1. The Labute approximate surface area is 141 Å². The molecule has 1 saturated heterocycles. The molecule has 24 heavy (non-hydrogen) atoms. The van der Waals surface area contributed by atoms with Gasteiger partial charge in [0.25, 0.3) is 0 Å². The van der Waals surface area contributed by atoms with Crippen LogP contribution in [0.25, 0.3) is 0 Å². The second-order valence-electron chi connectivity index (χ2n) is 5.77. The summed E-state index contributed by atoms with van der Waals surface area (Å²) in [5, 5.41) is 0. The maximum absolute atomic E-state index is 12.2. The van der Waals surface area contributed by atoms with Crippen LogP contribution in [-0.2, 0) is 25.7 Å². The molecule has 130 valence electrons. The lowest BCUT2D eigenvalue weighted by atomic mass is 9.92. The summed E-state index contributed by atoms with van der Waals surface area (Å²) in [7, 11) is 0. The van der Waals surface area contributed by atoms with Crippen molar-refractivity contribution in [2.45, 2.75) is 32.8 Å². The summed E-state index contributed by atoms with van der Waals surface area (Å²) < 4.78 is 10.1. The average molecular weight is 333 g/mol. The Kier molecular flexibility index (Phi) is 6.78. The molecular weight excluding hydrogens is 310 g/mol. The summed E-state index contributed by atoms with van der Waals surface area (Å²) in [5.41, 5.74) is 0.915. The van der Waals surface area contributed by atoms with Gasteiger partial charge in [-0.05, 0) is 25.3 Å². The molecule has 0 unspecified atom stereocenters. The van der Waals surface area contributed by atoms with Gasteiger partial charge in [0.05, 0.1) is 6.61 Å². The smallest absolute Gasteiger partial charge is 0.410 e. The van der Waals surface area contributed by atoms with Crippen LogP contribution in [0.15, 0.2) is 30.3 Å². The molecule has 6 nitrogen and oxygen atoms in total. The molecule has 0 N–H and O–H groups in total. The first-order valence-electron chi connectivity index (χ1n) is 8.24. The predicted molar refractivity (Wildman–Crippen MR) is 87.2 cm³/mol. The molecule has 0 bridgehead atoms. The molecule has 0 spiro atoms. The molecule has 1 aromatic carbocycles. The molecule has 1 heterocycles. The zero-order valence-corrected chi connectivity index (χ0v) is 13.9. The van der Waals surface area contributed by atoms with Gasteiger partial charge in [-0.3, -0.25) is 9.59 Å². The van der Waals surface area contributed by atoms with Crippen molar-refractivity contribution in [3.63, 3.8) is 0 Å². The third-order valence-electron chi connectivity index (χ3n) is 3.96. The number of piperidine rings is 1. The summed E-state index contributed by atoms with van der Waals surface area (Å²) in [6.45, 7) is 3.03. The number of esters is 1. The first-order chi connectivity index (χ1) is 11.6. The van der Waals surface area contributed by atoms with Crippen LogP contribution in [0.5, 0.6) is 0 Å². The van der Waals surface area contributed by atoms with E-state index < -0.39 is 12.1 Å². The van der Waals surface area contributed by atoms with Gasteiger partial charge >= 0.3 is 12.1 Å². The van der Waals surface area contributed by atoms with Crippen LogP contribution >= 0.6 is 0 Å². The van der Waals surface area contributed by atoms with E-state index in [1.165, 1.54) is 0 Å². The van der Waals surface area contributed by atoms with E-state index in [0.717, 1.165) is 12.0 Å². The number of carbonyl (C=O) groups excluding carboxylic acids is 3. The first-order valence-corrected chi connectivity index (χ1v) is 8.24. The van der Waals surface area contributed by atoms with Gasteiger partial charge in [-0.1, -0.05) is 30.3 Å². The van der Waals surface area contributed by atoms with Crippen LogP contribution in [0.2, 0.25) is 0 Å². The van der Waals surface area contributed by atoms with Gasteiger partial charge < -0.3 is 14.4 Å². The molecule has 1 fully saturated rings. The summed E-state index contributed by atoms with van der Waals surface area (Å²) in [6.07, 6.45) is 0.749. The van der Waals surface area contributed by atoms with Crippen LogP contribution in [0, 0.1) is 5.92 Å². The van der Waals surface area contributed by atoms with E-state index in [-0.39, 0.29) is 31.3 Å². The van der Waals surface area contributed by atoms with Crippen LogP contribution in [0.1, 0.15) is 31.7 Å². The average Bonchev–Trinajstić information content (AvgIpc) is 2.61. The number of hydrogen-bond donors (Lipinski definition) is 0. The molecule has 0 aliphatic carbocycles. The Balaban J connectivity index is 1.82. The van der Waals surface area contributed by atoms with Gasteiger partial charge in [0.15, 0.2) is 0 Å². The fourth-order valence-electron chi connectivity index (χ4n) is 2.71. The van der Waals surface area contributed by atoms with E-state index in [1.54, 1.807) is 11.8 Å². The van der Waals surface area contributed by atoms with E-state index in [2.05, 4.69) is 0 Å². The van der Waals surface area contributed by atoms with Crippen LogP contribution in [0.4, 0.5) is 4.79 Å². The second kappa shape index (κ2) is 9.05.